The Hall–Kier alpha value is -2.44. The number of nitrogens with one attached hydrogen (secondary N) is 2. The largest absolute Gasteiger partial charge is 0.383 e. The number of aromatic amines is 1. The summed E-state index contributed by atoms with van der Waals surface area (Å²) in [5, 5.41) is 2.65. The minimum Gasteiger partial charge on any atom is -0.383 e. The first-order chi connectivity index (χ1) is 8.58. The second-order valence-corrected chi connectivity index (χ2v) is 3.76. The van der Waals surface area contributed by atoms with Crippen LogP contribution in [0.25, 0.3) is 0 Å². The average molecular weight is 249 g/mol. The summed E-state index contributed by atoms with van der Waals surface area (Å²) in [5.74, 6) is -0.518. The van der Waals surface area contributed by atoms with Crippen molar-refractivity contribution in [3.05, 3.63) is 41.9 Å². The zero-order chi connectivity index (χ0) is 13.1. The molecule has 94 valence electrons. The number of amides is 1. The first-order valence-corrected chi connectivity index (χ1v) is 5.29. The predicted molar refractivity (Wildman–Crippen MR) is 63.1 cm³/mol. The van der Waals surface area contributed by atoms with Gasteiger partial charge in [0.15, 0.2) is 0 Å². The van der Waals surface area contributed by atoms with Gasteiger partial charge in [-0.15, -0.1) is 0 Å². The van der Waals surface area contributed by atoms with E-state index in [0.29, 0.717) is 5.82 Å². The van der Waals surface area contributed by atoms with Gasteiger partial charge in [-0.25, -0.2) is 14.4 Å². The maximum absolute atomic E-state index is 13.0. The lowest BCUT2D eigenvalue weighted by molar-refractivity contribution is 0.0938. The van der Waals surface area contributed by atoms with Crippen molar-refractivity contribution in [2.75, 3.05) is 5.73 Å². The van der Waals surface area contributed by atoms with Crippen molar-refractivity contribution in [1.29, 1.82) is 0 Å². The van der Waals surface area contributed by atoms with Gasteiger partial charge in [0, 0.05) is 12.4 Å². The molecule has 0 radical (unpaired) electrons. The van der Waals surface area contributed by atoms with Gasteiger partial charge in [-0.1, -0.05) is 0 Å². The van der Waals surface area contributed by atoms with Gasteiger partial charge >= 0.3 is 0 Å². The third-order valence-corrected chi connectivity index (χ3v) is 2.41. The van der Waals surface area contributed by atoms with Crippen molar-refractivity contribution in [3.8, 4) is 0 Å². The highest BCUT2D eigenvalue weighted by atomic mass is 19.1. The van der Waals surface area contributed by atoms with Crippen molar-refractivity contribution >= 4 is 11.7 Å². The Kier molecular flexibility index (Phi) is 3.22. The minimum absolute atomic E-state index is 0.00778. The van der Waals surface area contributed by atoms with Crippen LogP contribution in [-0.2, 0) is 0 Å². The molecule has 0 aliphatic carbocycles. The maximum Gasteiger partial charge on any atom is 0.255 e. The second kappa shape index (κ2) is 4.82. The third-order valence-electron chi connectivity index (χ3n) is 2.41. The summed E-state index contributed by atoms with van der Waals surface area (Å²) in [5.41, 5.74) is 5.53. The number of pyridine rings is 1. The Morgan fingerprint density at radius 2 is 2.33 bits per heavy atom. The number of anilines is 1. The number of imidazole rings is 1. The summed E-state index contributed by atoms with van der Waals surface area (Å²) in [6.07, 6.45) is 4.19. The lowest BCUT2D eigenvalue weighted by Crippen LogP contribution is -2.28. The molecule has 1 unspecified atom stereocenters. The van der Waals surface area contributed by atoms with E-state index in [1.807, 2.05) is 0 Å². The van der Waals surface area contributed by atoms with E-state index in [4.69, 9.17) is 5.73 Å². The van der Waals surface area contributed by atoms with Gasteiger partial charge in [0.05, 0.1) is 17.8 Å². The van der Waals surface area contributed by atoms with Crippen LogP contribution in [0.5, 0.6) is 0 Å². The number of halogens is 1. The van der Waals surface area contributed by atoms with E-state index in [0.717, 1.165) is 12.3 Å². The molecule has 7 heteroatoms. The molecule has 1 amide bonds. The first kappa shape index (κ1) is 12.0. The molecule has 18 heavy (non-hydrogen) atoms. The van der Waals surface area contributed by atoms with E-state index in [2.05, 4.69) is 20.3 Å². The fourth-order valence-electron chi connectivity index (χ4n) is 1.49. The van der Waals surface area contributed by atoms with Gasteiger partial charge in [0.25, 0.3) is 5.91 Å². The number of aromatic nitrogens is 3. The number of hydrogen-bond donors (Lipinski definition) is 3. The Morgan fingerprint density at radius 1 is 1.56 bits per heavy atom. The van der Waals surface area contributed by atoms with E-state index in [1.165, 1.54) is 0 Å². The summed E-state index contributed by atoms with van der Waals surface area (Å²) in [7, 11) is 0. The molecule has 2 aromatic heterocycles. The molecule has 0 saturated carbocycles. The van der Waals surface area contributed by atoms with Crippen LogP contribution in [0, 0.1) is 5.82 Å². The molecule has 2 rings (SSSR count). The second-order valence-electron chi connectivity index (χ2n) is 3.76. The van der Waals surface area contributed by atoms with Crippen molar-refractivity contribution in [2.24, 2.45) is 0 Å². The Morgan fingerprint density at radius 3 is 3.00 bits per heavy atom. The fraction of sp³-hybridized carbons (Fsp3) is 0.182. The molecule has 1 atom stereocenters. The van der Waals surface area contributed by atoms with Crippen LogP contribution < -0.4 is 11.1 Å². The lowest BCUT2D eigenvalue weighted by atomic mass is 10.2. The monoisotopic (exact) mass is 249 g/mol. The summed E-state index contributed by atoms with van der Waals surface area (Å²) >= 11 is 0. The van der Waals surface area contributed by atoms with Crippen molar-refractivity contribution in [2.45, 2.75) is 13.0 Å². The van der Waals surface area contributed by atoms with E-state index >= 15 is 0 Å². The summed E-state index contributed by atoms with van der Waals surface area (Å²) in [6, 6.07) is 0.710. The van der Waals surface area contributed by atoms with Crippen molar-refractivity contribution < 1.29 is 9.18 Å². The van der Waals surface area contributed by atoms with Gasteiger partial charge in [-0.3, -0.25) is 4.79 Å². The zero-order valence-corrected chi connectivity index (χ0v) is 9.64. The van der Waals surface area contributed by atoms with Gasteiger partial charge in [-0.05, 0) is 13.0 Å². The normalized spacial score (nSPS) is 12.1. The number of carbonyl (C=O) groups is 1. The molecule has 0 aliphatic rings. The smallest absolute Gasteiger partial charge is 0.255 e. The van der Waals surface area contributed by atoms with Crippen molar-refractivity contribution in [1.82, 2.24) is 20.3 Å². The zero-order valence-electron chi connectivity index (χ0n) is 9.64. The molecular weight excluding hydrogens is 237 g/mol. The van der Waals surface area contributed by atoms with Crippen LogP contribution >= 0.6 is 0 Å². The van der Waals surface area contributed by atoms with Gasteiger partial charge < -0.3 is 16.0 Å². The molecule has 6 nitrogen and oxygen atoms in total. The van der Waals surface area contributed by atoms with Crippen LogP contribution in [-0.4, -0.2) is 20.9 Å². The number of nitrogens with two attached hydrogens (primary N) is 1. The molecule has 0 saturated heterocycles. The number of H-pyrrole nitrogens is 1. The summed E-state index contributed by atoms with van der Waals surface area (Å²) in [6.45, 7) is 1.75. The molecule has 4 N–H and O–H groups in total. The Balaban J connectivity index is 2.15. The first-order valence-electron chi connectivity index (χ1n) is 5.29. The van der Waals surface area contributed by atoms with E-state index < -0.39 is 11.7 Å². The van der Waals surface area contributed by atoms with Gasteiger partial charge in [0.1, 0.15) is 17.5 Å². The Bertz CT molecular complexity index is 555. The van der Waals surface area contributed by atoms with E-state index in [-0.39, 0.29) is 17.4 Å². The fourth-order valence-corrected chi connectivity index (χ4v) is 1.49. The number of hydrogen-bond acceptors (Lipinski definition) is 4. The standard InChI is InChI=1S/C11H12FN5O/c1-6(10-14-2-3-15-10)17-11(18)8-4-7(12)5-16-9(8)13/h2-6H,1H3,(H2,13,16)(H,14,15)(H,17,18). The van der Waals surface area contributed by atoms with Crippen LogP contribution in [0.15, 0.2) is 24.7 Å². The highest BCUT2D eigenvalue weighted by Gasteiger charge is 2.16. The van der Waals surface area contributed by atoms with Gasteiger partial charge in [-0.2, -0.15) is 0 Å². The molecule has 0 aromatic carbocycles. The summed E-state index contributed by atoms with van der Waals surface area (Å²) < 4.78 is 13.0. The molecule has 0 fully saturated rings. The SMILES string of the molecule is CC(NC(=O)c1cc(F)cnc1N)c1ncc[nH]1. The molecule has 2 aromatic rings. The molecular formula is C11H12FN5O. The number of nitrogens with zero attached hydrogens (tertiary/aromatic N) is 2. The highest BCUT2D eigenvalue weighted by Crippen LogP contribution is 2.12. The average Bonchev–Trinajstić information content (AvgIpc) is 2.85. The number of nitrogen functional groups attached to an aromatic ring is 1. The summed E-state index contributed by atoms with van der Waals surface area (Å²) in [4.78, 5) is 22.4. The van der Waals surface area contributed by atoms with E-state index in [9.17, 15) is 9.18 Å². The molecule has 2 heterocycles. The van der Waals surface area contributed by atoms with Crippen LogP contribution in [0.2, 0.25) is 0 Å². The quantitative estimate of drug-likeness (QED) is 0.756. The molecule has 0 bridgehead atoms. The van der Waals surface area contributed by atoms with Crippen LogP contribution in [0.3, 0.4) is 0 Å². The highest BCUT2D eigenvalue weighted by molar-refractivity contribution is 5.98. The lowest BCUT2D eigenvalue weighted by Gasteiger charge is -2.12. The minimum atomic E-state index is -0.611. The van der Waals surface area contributed by atoms with Crippen LogP contribution in [0.4, 0.5) is 10.2 Å². The molecule has 0 aliphatic heterocycles. The Labute approximate surface area is 102 Å². The van der Waals surface area contributed by atoms with Gasteiger partial charge in [0.2, 0.25) is 0 Å². The van der Waals surface area contributed by atoms with E-state index in [1.54, 1.807) is 19.3 Å². The number of carbonyl (C=O) groups excluding carboxylic acids is 1. The predicted octanol–water partition coefficient (Wildman–Crippen LogP) is 1.02. The topological polar surface area (TPSA) is 96.7 Å². The van der Waals surface area contributed by atoms with Crippen molar-refractivity contribution in [3.63, 3.8) is 0 Å². The number of rotatable bonds is 3. The maximum atomic E-state index is 13.0. The van der Waals surface area contributed by atoms with Crippen LogP contribution in [0.1, 0.15) is 29.1 Å². The third kappa shape index (κ3) is 2.45. The molecule has 0 spiro atoms.